The minimum atomic E-state index is -0.713. The summed E-state index contributed by atoms with van der Waals surface area (Å²) in [6, 6.07) is 0. The minimum Gasteiger partial charge on any atom is -0.462 e. The highest BCUT2D eigenvalue weighted by molar-refractivity contribution is 5.69. The molecule has 0 unspecified atom stereocenters. The maximum Gasteiger partial charge on any atom is 0.306 e. The minimum absolute atomic E-state index is 0.0103. The number of carbonyl (C=O) groups excluding carboxylic acids is 1. The van der Waals surface area contributed by atoms with Crippen molar-refractivity contribution in [3.05, 3.63) is 0 Å². The van der Waals surface area contributed by atoms with Gasteiger partial charge < -0.3 is 14.9 Å². The predicted molar refractivity (Wildman–Crippen MR) is 189 cm³/mol. The number of rotatable bonds is 12. The Balaban J connectivity index is 1.25. The summed E-state index contributed by atoms with van der Waals surface area (Å²) < 4.78 is 6.36. The van der Waals surface area contributed by atoms with Crippen molar-refractivity contribution in [1.82, 2.24) is 0 Å². The van der Waals surface area contributed by atoms with E-state index in [0.717, 1.165) is 44.9 Å². The van der Waals surface area contributed by atoms with E-state index < -0.39 is 5.60 Å². The lowest BCUT2D eigenvalue weighted by Gasteiger charge is -2.73. The second-order valence-corrected chi connectivity index (χ2v) is 19.6. The molecule has 0 aromatic heterocycles. The van der Waals surface area contributed by atoms with Gasteiger partial charge in [0.2, 0.25) is 0 Å². The monoisotopic (exact) mass is 643 g/mol. The molecule has 0 bridgehead atoms. The summed E-state index contributed by atoms with van der Waals surface area (Å²) in [7, 11) is 0. The van der Waals surface area contributed by atoms with E-state index in [1.165, 1.54) is 70.6 Å². The average molecular weight is 643 g/mol. The number of ether oxygens (including phenoxy) is 1. The number of aliphatic hydroxyl groups excluding tert-OH is 1. The van der Waals surface area contributed by atoms with Crippen molar-refractivity contribution in [2.24, 2.45) is 56.7 Å². The lowest BCUT2D eigenvalue weighted by atomic mass is 9.32. The van der Waals surface area contributed by atoms with Gasteiger partial charge in [-0.25, -0.2) is 0 Å². The van der Waals surface area contributed by atoms with Crippen molar-refractivity contribution in [2.45, 2.75) is 202 Å². The van der Waals surface area contributed by atoms with E-state index in [4.69, 9.17) is 4.74 Å². The largest absolute Gasteiger partial charge is 0.462 e. The number of hydrogen-bond acceptors (Lipinski definition) is 4. The van der Waals surface area contributed by atoms with E-state index in [1.54, 1.807) is 0 Å². The quantitative estimate of drug-likeness (QED) is 0.164. The summed E-state index contributed by atoms with van der Waals surface area (Å²) in [4.78, 5) is 13.1. The van der Waals surface area contributed by atoms with E-state index in [9.17, 15) is 15.0 Å². The summed E-state index contributed by atoms with van der Waals surface area (Å²) in [5.41, 5.74) is -0.410. The van der Waals surface area contributed by atoms with Crippen LogP contribution < -0.4 is 0 Å². The maximum atomic E-state index is 13.1. The van der Waals surface area contributed by atoms with Crippen molar-refractivity contribution in [1.29, 1.82) is 0 Å². The summed E-state index contributed by atoms with van der Waals surface area (Å²) in [6.07, 6.45) is 21.6. The second kappa shape index (κ2) is 13.3. The number of esters is 1. The first kappa shape index (κ1) is 36.7. The third-order valence-electron chi connectivity index (χ3n) is 16.5. The molecule has 0 spiro atoms. The molecule has 0 aromatic carbocycles. The Bertz CT molecular complexity index is 1060. The summed E-state index contributed by atoms with van der Waals surface area (Å²) in [5, 5.41) is 23.3. The number of fused-ring (bicyclic) bond motifs is 7. The van der Waals surface area contributed by atoms with Gasteiger partial charge >= 0.3 is 5.97 Å². The molecule has 5 aliphatic rings. The Hall–Kier alpha value is -0.610. The molecule has 5 saturated carbocycles. The Labute approximate surface area is 284 Å². The van der Waals surface area contributed by atoms with Crippen LogP contribution in [0.15, 0.2) is 0 Å². The van der Waals surface area contributed by atoms with Crippen molar-refractivity contribution in [3.8, 4) is 0 Å². The van der Waals surface area contributed by atoms with Crippen LogP contribution in [0.3, 0.4) is 0 Å². The molecule has 5 aliphatic carbocycles. The molecule has 0 heterocycles. The smallest absolute Gasteiger partial charge is 0.306 e. The number of hydrogen-bond donors (Lipinski definition) is 2. The molecule has 266 valence electrons. The van der Waals surface area contributed by atoms with Gasteiger partial charge in [-0.05, 0) is 129 Å². The van der Waals surface area contributed by atoms with Gasteiger partial charge in [-0.15, -0.1) is 0 Å². The van der Waals surface area contributed by atoms with Gasteiger partial charge in [-0.3, -0.25) is 4.79 Å². The average Bonchev–Trinajstić information content (AvgIpc) is 3.34. The topological polar surface area (TPSA) is 66.8 Å². The van der Waals surface area contributed by atoms with E-state index in [-0.39, 0.29) is 51.2 Å². The maximum absolute atomic E-state index is 13.1. The summed E-state index contributed by atoms with van der Waals surface area (Å²) in [5.74, 6) is 2.34. The molecule has 5 fully saturated rings. The molecular weight excluding hydrogens is 568 g/mol. The highest BCUT2D eigenvalue weighted by Gasteiger charge is 2.72. The van der Waals surface area contributed by atoms with Gasteiger partial charge in [0.1, 0.15) is 6.10 Å². The number of carbonyl (C=O) groups is 1. The van der Waals surface area contributed by atoms with Gasteiger partial charge in [0.15, 0.2) is 0 Å². The molecule has 4 heteroatoms. The first-order chi connectivity index (χ1) is 21.5. The predicted octanol–water partition coefficient (Wildman–Crippen LogP) is 10.7. The molecule has 0 radical (unpaired) electrons. The lowest BCUT2D eigenvalue weighted by Crippen LogP contribution is -2.68. The van der Waals surface area contributed by atoms with Crippen LogP contribution in [0.5, 0.6) is 0 Å². The van der Waals surface area contributed by atoms with Gasteiger partial charge in [0, 0.05) is 11.8 Å². The molecule has 46 heavy (non-hydrogen) atoms. The van der Waals surface area contributed by atoms with E-state index in [1.807, 2.05) is 13.8 Å². The normalized spacial score (nSPS) is 44.9. The van der Waals surface area contributed by atoms with Gasteiger partial charge in [-0.2, -0.15) is 0 Å². The number of aliphatic hydroxyl groups is 2. The summed E-state index contributed by atoms with van der Waals surface area (Å²) in [6.45, 7) is 21.2. The third-order valence-corrected chi connectivity index (χ3v) is 16.5. The van der Waals surface area contributed by atoms with Crippen molar-refractivity contribution >= 4 is 5.97 Å². The molecular formula is C42H74O4. The molecule has 11 atom stereocenters. The zero-order valence-electron chi connectivity index (χ0n) is 31.7. The van der Waals surface area contributed by atoms with Crippen LogP contribution >= 0.6 is 0 Å². The zero-order valence-corrected chi connectivity index (χ0v) is 31.7. The first-order valence-electron chi connectivity index (χ1n) is 20.1. The Morgan fingerprint density at radius 1 is 0.739 bits per heavy atom. The van der Waals surface area contributed by atoms with E-state index in [0.29, 0.717) is 30.1 Å². The van der Waals surface area contributed by atoms with Crippen LogP contribution in [0.2, 0.25) is 0 Å². The Morgan fingerprint density at radius 3 is 1.98 bits per heavy atom. The van der Waals surface area contributed by atoms with Crippen LogP contribution in [0, 0.1) is 56.7 Å². The fraction of sp³-hybridized carbons (Fsp3) is 0.976. The SMILES string of the molecule is CCCCCCCCCCCC(=O)O[C@H]1CC[C@]2(C)[C@H]3CC[C@H]4[C@H]5[C@H](C(C)(C)O)CC[C@]5(C)[C@@H](O)C[C@@]4(C)[C@]3(C)CC[C@H]2C1(C)C. The molecule has 0 aromatic rings. The van der Waals surface area contributed by atoms with E-state index in [2.05, 4.69) is 48.5 Å². The molecule has 0 amide bonds. The zero-order chi connectivity index (χ0) is 33.8. The fourth-order valence-corrected chi connectivity index (χ4v) is 13.7. The van der Waals surface area contributed by atoms with Crippen molar-refractivity contribution < 1.29 is 19.7 Å². The van der Waals surface area contributed by atoms with Crippen molar-refractivity contribution in [3.63, 3.8) is 0 Å². The third kappa shape index (κ3) is 6.06. The van der Waals surface area contributed by atoms with Crippen molar-refractivity contribution in [2.75, 3.05) is 0 Å². The highest BCUT2D eigenvalue weighted by atomic mass is 16.5. The molecule has 4 nitrogen and oxygen atoms in total. The van der Waals surface area contributed by atoms with Crippen LogP contribution in [0.25, 0.3) is 0 Å². The Morgan fingerprint density at radius 2 is 1.35 bits per heavy atom. The fourth-order valence-electron chi connectivity index (χ4n) is 13.7. The van der Waals surface area contributed by atoms with Gasteiger partial charge in [0.05, 0.1) is 11.7 Å². The van der Waals surface area contributed by atoms with Crippen LogP contribution in [-0.2, 0) is 9.53 Å². The molecule has 0 saturated heterocycles. The van der Waals surface area contributed by atoms with E-state index >= 15 is 0 Å². The molecule has 2 N–H and O–H groups in total. The standard InChI is InChI=1S/C42H74O4/c1-10-11-12-13-14-15-16-17-18-19-35(44)46-34-24-26-39(6)31(37(34,2)3)23-27-41(8)32(39)21-20-30-36-29(38(4,5)45)22-25-40(36,7)33(43)28-42(30,41)9/h29-34,36,43,45H,10-28H2,1-9H3/t29-,30+,31+,32-,33+,34+,36-,39+,40-,41-,42-/m1/s1. The first-order valence-corrected chi connectivity index (χ1v) is 20.1. The second-order valence-electron chi connectivity index (χ2n) is 19.6. The molecule has 5 rings (SSSR count). The number of unbranched alkanes of at least 4 members (excludes halogenated alkanes) is 8. The van der Waals surface area contributed by atoms with Crippen LogP contribution in [0.1, 0.15) is 184 Å². The van der Waals surface area contributed by atoms with Crippen LogP contribution in [0.4, 0.5) is 0 Å². The van der Waals surface area contributed by atoms with Gasteiger partial charge in [-0.1, -0.05) is 99.8 Å². The van der Waals surface area contributed by atoms with Gasteiger partial charge in [0.25, 0.3) is 0 Å². The summed E-state index contributed by atoms with van der Waals surface area (Å²) >= 11 is 0. The Kier molecular flexibility index (Phi) is 10.6. The highest BCUT2D eigenvalue weighted by Crippen LogP contribution is 2.77. The van der Waals surface area contributed by atoms with Crippen LogP contribution in [-0.4, -0.2) is 34.0 Å². The molecule has 0 aliphatic heterocycles. The lowest BCUT2D eigenvalue weighted by molar-refractivity contribution is -0.267.